The van der Waals surface area contributed by atoms with E-state index in [-0.39, 0.29) is 0 Å². The molecule has 0 amide bonds. The van der Waals surface area contributed by atoms with Crippen molar-refractivity contribution in [2.75, 3.05) is 7.11 Å². The largest absolute Gasteiger partial charge is 0.497 e. The van der Waals surface area contributed by atoms with E-state index < -0.39 is 8.07 Å². The van der Waals surface area contributed by atoms with Crippen LogP contribution in [0.3, 0.4) is 0 Å². The molecule has 0 bridgehead atoms. The first-order valence-corrected chi connectivity index (χ1v) is 11.0. The number of pyridine rings is 1. The Morgan fingerprint density at radius 1 is 1.13 bits per heavy atom. The molecule has 3 nitrogen and oxygen atoms in total. The molecule has 0 saturated carbocycles. The second kappa shape index (κ2) is 5.94. The number of methoxy groups -OCH3 is 1. The van der Waals surface area contributed by atoms with E-state index in [4.69, 9.17) is 9.15 Å². The first-order chi connectivity index (χ1) is 11.0. The summed E-state index contributed by atoms with van der Waals surface area (Å²) >= 11 is 0. The smallest absolute Gasteiger partial charge is 0.136 e. The Kier molecular flexibility index (Phi) is 3.97. The molecule has 0 spiro atoms. The van der Waals surface area contributed by atoms with E-state index in [1.807, 2.05) is 30.3 Å². The van der Waals surface area contributed by atoms with Crippen LogP contribution in [0.1, 0.15) is 5.56 Å². The molecule has 116 valence electrons. The van der Waals surface area contributed by atoms with Crippen LogP contribution >= 0.6 is 0 Å². The molecule has 0 unspecified atom stereocenters. The molecular formula is C19H19NO2Si. The number of ether oxygens (including phenoxy) is 1. The zero-order chi connectivity index (χ0) is 16.4. The first kappa shape index (κ1) is 15.4. The van der Waals surface area contributed by atoms with Gasteiger partial charge in [-0.25, -0.2) is 0 Å². The summed E-state index contributed by atoms with van der Waals surface area (Å²) in [6.45, 7) is 6.68. The number of aromatic nitrogens is 1. The molecule has 0 aliphatic heterocycles. The molecule has 0 radical (unpaired) electrons. The minimum atomic E-state index is -1.44. The Bertz CT molecular complexity index is 910. The lowest BCUT2D eigenvalue weighted by Gasteiger charge is -2.04. The van der Waals surface area contributed by atoms with Gasteiger partial charge in [0.1, 0.15) is 25.2 Å². The fourth-order valence-electron chi connectivity index (χ4n) is 2.24. The highest BCUT2D eigenvalue weighted by Gasteiger charge is 2.12. The predicted octanol–water partition coefficient (Wildman–Crippen LogP) is 4.73. The van der Waals surface area contributed by atoms with Gasteiger partial charge >= 0.3 is 0 Å². The van der Waals surface area contributed by atoms with Crippen molar-refractivity contribution in [2.45, 2.75) is 19.6 Å². The van der Waals surface area contributed by atoms with Crippen LogP contribution in [0.15, 0.2) is 47.1 Å². The molecule has 1 aromatic carbocycles. The van der Waals surface area contributed by atoms with Crippen LogP contribution in [0.2, 0.25) is 19.6 Å². The molecule has 0 saturated heterocycles. The highest BCUT2D eigenvalue weighted by Crippen LogP contribution is 2.31. The van der Waals surface area contributed by atoms with Gasteiger partial charge < -0.3 is 9.15 Å². The zero-order valence-electron chi connectivity index (χ0n) is 13.8. The summed E-state index contributed by atoms with van der Waals surface area (Å²) in [5, 5.41) is 1.01. The topological polar surface area (TPSA) is 35.3 Å². The monoisotopic (exact) mass is 321 g/mol. The average molecular weight is 321 g/mol. The van der Waals surface area contributed by atoms with E-state index in [0.29, 0.717) is 0 Å². The van der Waals surface area contributed by atoms with Crippen molar-refractivity contribution in [3.05, 3.63) is 48.3 Å². The van der Waals surface area contributed by atoms with Crippen molar-refractivity contribution in [1.82, 2.24) is 4.98 Å². The molecule has 2 heterocycles. The lowest BCUT2D eigenvalue weighted by Crippen LogP contribution is -2.16. The third-order valence-corrected chi connectivity index (χ3v) is 4.26. The number of hydrogen-bond acceptors (Lipinski definition) is 3. The van der Waals surface area contributed by atoms with Gasteiger partial charge in [-0.15, -0.1) is 5.54 Å². The number of fused-ring (bicyclic) bond motifs is 1. The van der Waals surface area contributed by atoms with Crippen molar-refractivity contribution in [1.29, 1.82) is 0 Å². The van der Waals surface area contributed by atoms with Gasteiger partial charge in [0.25, 0.3) is 0 Å². The fraction of sp³-hybridized carbons (Fsp3) is 0.211. The summed E-state index contributed by atoms with van der Waals surface area (Å²) in [6, 6.07) is 9.76. The Labute approximate surface area is 137 Å². The van der Waals surface area contributed by atoms with Crippen molar-refractivity contribution >= 4 is 19.0 Å². The van der Waals surface area contributed by atoms with E-state index in [1.54, 1.807) is 19.5 Å². The maximum atomic E-state index is 5.99. The molecule has 23 heavy (non-hydrogen) atoms. The molecule has 0 aliphatic rings. The molecule has 0 fully saturated rings. The number of rotatable bonds is 2. The van der Waals surface area contributed by atoms with Crippen LogP contribution in [0.25, 0.3) is 22.3 Å². The second-order valence-electron chi connectivity index (χ2n) is 6.44. The van der Waals surface area contributed by atoms with Crippen LogP contribution in [0, 0.1) is 11.5 Å². The van der Waals surface area contributed by atoms with E-state index in [1.165, 1.54) is 0 Å². The quantitative estimate of drug-likeness (QED) is 0.505. The van der Waals surface area contributed by atoms with Crippen LogP contribution in [-0.2, 0) is 0 Å². The standard InChI is InChI=1S/C19H19NO2Si/c1-21-16-5-6-18-15(11-16)12-19(22-18)17-7-9-20-13-14(17)8-10-23(2,3)4/h5-7,9,11-13H,1-4H3. The van der Waals surface area contributed by atoms with Crippen LogP contribution < -0.4 is 4.74 Å². The van der Waals surface area contributed by atoms with Crippen molar-refractivity contribution in [3.8, 4) is 28.5 Å². The number of nitrogens with zero attached hydrogens (tertiary/aromatic N) is 1. The molecule has 0 N–H and O–H groups in total. The van der Waals surface area contributed by atoms with Gasteiger partial charge in [-0.2, -0.15) is 0 Å². The maximum absolute atomic E-state index is 5.99. The lowest BCUT2D eigenvalue weighted by atomic mass is 10.1. The van der Waals surface area contributed by atoms with Crippen molar-refractivity contribution in [3.63, 3.8) is 0 Å². The summed E-state index contributed by atoms with van der Waals surface area (Å²) in [5.74, 6) is 4.90. The van der Waals surface area contributed by atoms with Gasteiger partial charge in [0.15, 0.2) is 0 Å². The highest BCUT2D eigenvalue weighted by atomic mass is 28.3. The van der Waals surface area contributed by atoms with Crippen LogP contribution in [0.5, 0.6) is 5.75 Å². The van der Waals surface area contributed by atoms with E-state index in [9.17, 15) is 0 Å². The van der Waals surface area contributed by atoms with Crippen LogP contribution in [-0.4, -0.2) is 20.2 Å². The Morgan fingerprint density at radius 3 is 2.70 bits per heavy atom. The molecule has 2 aromatic heterocycles. The Hall–Kier alpha value is -2.51. The third kappa shape index (κ3) is 3.46. The number of benzene rings is 1. The van der Waals surface area contributed by atoms with E-state index >= 15 is 0 Å². The lowest BCUT2D eigenvalue weighted by molar-refractivity contribution is 0.415. The summed E-state index contributed by atoms with van der Waals surface area (Å²) < 4.78 is 11.3. The maximum Gasteiger partial charge on any atom is 0.136 e. The third-order valence-electron chi connectivity index (χ3n) is 3.38. The summed E-state index contributed by atoms with van der Waals surface area (Å²) in [6.07, 6.45) is 3.57. The number of furan rings is 1. The summed E-state index contributed by atoms with van der Waals surface area (Å²) in [4.78, 5) is 4.20. The SMILES string of the molecule is COc1ccc2oc(-c3ccncc3C#C[Si](C)(C)C)cc2c1. The summed E-state index contributed by atoms with van der Waals surface area (Å²) in [7, 11) is 0.218. The normalized spacial score (nSPS) is 11.1. The second-order valence-corrected chi connectivity index (χ2v) is 11.2. The molecule has 3 aromatic rings. The molecule has 4 heteroatoms. The zero-order valence-corrected chi connectivity index (χ0v) is 14.8. The highest BCUT2D eigenvalue weighted by molar-refractivity contribution is 6.83. The molecule has 0 aliphatic carbocycles. The molecule has 0 atom stereocenters. The van der Waals surface area contributed by atoms with Gasteiger partial charge in [0, 0.05) is 23.3 Å². The molecule has 3 rings (SSSR count). The van der Waals surface area contributed by atoms with Gasteiger partial charge in [0.2, 0.25) is 0 Å². The van der Waals surface area contributed by atoms with Gasteiger partial charge in [-0.1, -0.05) is 25.6 Å². The average Bonchev–Trinajstić information content (AvgIpc) is 2.95. The first-order valence-electron chi connectivity index (χ1n) is 7.51. The Morgan fingerprint density at radius 2 is 1.96 bits per heavy atom. The van der Waals surface area contributed by atoms with Crippen molar-refractivity contribution in [2.24, 2.45) is 0 Å². The van der Waals surface area contributed by atoms with Gasteiger partial charge in [0.05, 0.1) is 12.7 Å². The van der Waals surface area contributed by atoms with Gasteiger partial charge in [-0.05, 0) is 30.3 Å². The van der Waals surface area contributed by atoms with Gasteiger partial charge in [-0.3, -0.25) is 4.98 Å². The minimum absolute atomic E-state index is 0.801. The molecular weight excluding hydrogens is 302 g/mol. The fourth-order valence-corrected chi connectivity index (χ4v) is 2.75. The minimum Gasteiger partial charge on any atom is -0.497 e. The van der Waals surface area contributed by atoms with E-state index in [0.717, 1.165) is 33.6 Å². The van der Waals surface area contributed by atoms with E-state index in [2.05, 4.69) is 36.1 Å². The van der Waals surface area contributed by atoms with Crippen molar-refractivity contribution < 1.29 is 9.15 Å². The summed E-state index contributed by atoms with van der Waals surface area (Å²) in [5.41, 5.74) is 6.10. The Balaban J connectivity index is 2.09. The number of hydrogen-bond donors (Lipinski definition) is 0. The van der Waals surface area contributed by atoms with Crippen LogP contribution in [0.4, 0.5) is 0 Å². The predicted molar refractivity (Wildman–Crippen MR) is 96.2 cm³/mol.